The number of para-hydroxylation sites is 1. The second-order valence-electron chi connectivity index (χ2n) is 4.10. The number of nitrogens with one attached hydrogen (secondary N) is 2. The van der Waals surface area contributed by atoms with Gasteiger partial charge in [-0.2, -0.15) is 5.10 Å². The van der Waals surface area contributed by atoms with Crippen LogP contribution < -0.4 is 5.32 Å². The first-order valence-corrected chi connectivity index (χ1v) is 5.56. The van der Waals surface area contributed by atoms with Crippen LogP contribution in [-0.4, -0.2) is 15.1 Å². The van der Waals surface area contributed by atoms with Crippen LogP contribution in [0, 0.1) is 24.0 Å². The van der Waals surface area contributed by atoms with Gasteiger partial charge in [0.1, 0.15) is 5.69 Å². The minimum Gasteiger partial charge on any atom is -0.375 e. The van der Waals surface area contributed by atoms with Gasteiger partial charge < -0.3 is 5.32 Å². The second kappa shape index (κ2) is 4.87. The third-order valence-corrected chi connectivity index (χ3v) is 2.82. The quantitative estimate of drug-likeness (QED) is 0.641. The van der Waals surface area contributed by atoms with Crippen molar-refractivity contribution in [2.75, 3.05) is 5.32 Å². The van der Waals surface area contributed by atoms with E-state index in [0.717, 1.165) is 11.3 Å². The van der Waals surface area contributed by atoms with Crippen LogP contribution in [0.4, 0.5) is 11.4 Å². The monoisotopic (exact) mass is 246 g/mol. The van der Waals surface area contributed by atoms with Crippen molar-refractivity contribution in [2.45, 2.75) is 20.4 Å². The van der Waals surface area contributed by atoms with E-state index in [9.17, 15) is 10.1 Å². The van der Waals surface area contributed by atoms with Gasteiger partial charge in [-0.15, -0.1) is 0 Å². The Morgan fingerprint density at radius 2 is 2.22 bits per heavy atom. The molecule has 0 bridgehead atoms. The van der Waals surface area contributed by atoms with Crippen molar-refractivity contribution in [1.29, 1.82) is 0 Å². The van der Waals surface area contributed by atoms with Crippen molar-refractivity contribution in [3.63, 3.8) is 0 Å². The fourth-order valence-corrected chi connectivity index (χ4v) is 1.79. The van der Waals surface area contributed by atoms with Gasteiger partial charge in [0.15, 0.2) is 0 Å². The highest BCUT2D eigenvalue weighted by molar-refractivity contribution is 5.65. The van der Waals surface area contributed by atoms with Gasteiger partial charge in [-0.05, 0) is 19.9 Å². The smallest absolute Gasteiger partial charge is 0.295 e. The van der Waals surface area contributed by atoms with Gasteiger partial charge in [0.05, 0.1) is 11.1 Å². The summed E-state index contributed by atoms with van der Waals surface area (Å²) in [5.74, 6) is 0. The lowest BCUT2D eigenvalue weighted by Crippen LogP contribution is -2.04. The SMILES string of the molecule is Cc1cccc(NCc2cn[nH]c2C)c1[N+](=O)[O-]. The summed E-state index contributed by atoms with van der Waals surface area (Å²) in [7, 11) is 0. The van der Waals surface area contributed by atoms with Gasteiger partial charge in [-0.25, -0.2) is 0 Å². The van der Waals surface area contributed by atoms with Crippen molar-refractivity contribution in [2.24, 2.45) is 0 Å². The van der Waals surface area contributed by atoms with E-state index in [1.165, 1.54) is 0 Å². The van der Waals surface area contributed by atoms with Crippen LogP contribution in [0.3, 0.4) is 0 Å². The van der Waals surface area contributed by atoms with Gasteiger partial charge in [0, 0.05) is 23.4 Å². The number of aromatic nitrogens is 2. The number of aryl methyl sites for hydroxylation is 2. The van der Waals surface area contributed by atoms with E-state index in [-0.39, 0.29) is 10.6 Å². The Morgan fingerprint density at radius 1 is 1.44 bits per heavy atom. The molecule has 6 heteroatoms. The van der Waals surface area contributed by atoms with Gasteiger partial charge in [0.2, 0.25) is 0 Å². The molecule has 0 fully saturated rings. The predicted molar refractivity (Wildman–Crippen MR) is 68.5 cm³/mol. The topological polar surface area (TPSA) is 83.8 Å². The number of benzene rings is 1. The van der Waals surface area contributed by atoms with Crippen LogP contribution in [0.5, 0.6) is 0 Å². The third-order valence-electron chi connectivity index (χ3n) is 2.82. The summed E-state index contributed by atoms with van der Waals surface area (Å²) in [5.41, 5.74) is 3.25. The minimum absolute atomic E-state index is 0.124. The maximum Gasteiger partial charge on any atom is 0.295 e. The van der Waals surface area contributed by atoms with E-state index in [1.54, 1.807) is 31.3 Å². The molecule has 0 spiro atoms. The first-order valence-electron chi connectivity index (χ1n) is 5.56. The third kappa shape index (κ3) is 2.32. The first kappa shape index (κ1) is 12.1. The van der Waals surface area contributed by atoms with E-state index < -0.39 is 0 Å². The molecule has 0 amide bonds. The zero-order valence-electron chi connectivity index (χ0n) is 10.2. The summed E-state index contributed by atoms with van der Waals surface area (Å²) in [6.07, 6.45) is 1.71. The molecule has 1 aromatic carbocycles. The molecule has 0 aliphatic heterocycles. The molecule has 0 aliphatic rings. The zero-order chi connectivity index (χ0) is 13.1. The average molecular weight is 246 g/mol. The van der Waals surface area contributed by atoms with Gasteiger partial charge in [-0.3, -0.25) is 15.2 Å². The van der Waals surface area contributed by atoms with E-state index in [0.29, 0.717) is 17.8 Å². The summed E-state index contributed by atoms with van der Waals surface area (Å²) in [6, 6.07) is 5.24. The van der Waals surface area contributed by atoms with Crippen molar-refractivity contribution < 1.29 is 4.92 Å². The van der Waals surface area contributed by atoms with E-state index in [2.05, 4.69) is 15.5 Å². The van der Waals surface area contributed by atoms with Crippen LogP contribution in [0.1, 0.15) is 16.8 Å². The number of nitrogens with zero attached hydrogens (tertiary/aromatic N) is 2. The average Bonchev–Trinajstić information content (AvgIpc) is 2.71. The molecule has 0 atom stereocenters. The minimum atomic E-state index is -0.361. The highest BCUT2D eigenvalue weighted by Crippen LogP contribution is 2.28. The fourth-order valence-electron chi connectivity index (χ4n) is 1.79. The van der Waals surface area contributed by atoms with Crippen molar-refractivity contribution >= 4 is 11.4 Å². The van der Waals surface area contributed by atoms with E-state index >= 15 is 0 Å². The summed E-state index contributed by atoms with van der Waals surface area (Å²) in [6.45, 7) is 4.15. The Balaban J connectivity index is 2.22. The van der Waals surface area contributed by atoms with Crippen LogP contribution >= 0.6 is 0 Å². The predicted octanol–water partition coefficient (Wildman–Crippen LogP) is 2.55. The molecule has 0 saturated heterocycles. The number of hydrogen-bond donors (Lipinski definition) is 2. The van der Waals surface area contributed by atoms with Crippen molar-refractivity contribution in [1.82, 2.24) is 10.2 Å². The zero-order valence-corrected chi connectivity index (χ0v) is 10.2. The van der Waals surface area contributed by atoms with Crippen LogP contribution in [0.25, 0.3) is 0 Å². The molecular weight excluding hydrogens is 232 g/mol. The largest absolute Gasteiger partial charge is 0.375 e. The summed E-state index contributed by atoms with van der Waals surface area (Å²) in [4.78, 5) is 10.7. The van der Waals surface area contributed by atoms with Gasteiger partial charge in [-0.1, -0.05) is 12.1 Å². The molecule has 0 unspecified atom stereocenters. The van der Waals surface area contributed by atoms with Gasteiger partial charge in [0.25, 0.3) is 5.69 Å². The highest BCUT2D eigenvalue weighted by Gasteiger charge is 2.16. The number of aromatic amines is 1. The number of hydrogen-bond acceptors (Lipinski definition) is 4. The molecule has 0 aliphatic carbocycles. The lowest BCUT2D eigenvalue weighted by atomic mass is 10.1. The number of rotatable bonds is 4. The fraction of sp³-hybridized carbons (Fsp3) is 0.250. The van der Waals surface area contributed by atoms with Crippen molar-refractivity contribution in [3.05, 3.63) is 51.3 Å². The molecule has 6 nitrogen and oxygen atoms in total. The molecule has 18 heavy (non-hydrogen) atoms. The lowest BCUT2D eigenvalue weighted by Gasteiger charge is -2.07. The molecule has 2 N–H and O–H groups in total. The Morgan fingerprint density at radius 3 is 2.83 bits per heavy atom. The highest BCUT2D eigenvalue weighted by atomic mass is 16.6. The van der Waals surface area contributed by atoms with Crippen LogP contribution in [0.15, 0.2) is 24.4 Å². The molecule has 1 aromatic heterocycles. The molecule has 94 valence electrons. The molecule has 1 heterocycles. The lowest BCUT2D eigenvalue weighted by molar-refractivity contribution is -0.384. The Bertz CT molecular complexity index is 577. The Hall–Kier alpha value is -2.37. The number of H-pyrrole nitrogens is 1. The number of nitro groups is 1. The van der Waals surface area contributed by atoms with Crippen LogP contribution in [0.2, 0.25) is 0 Å². The Kier molecular flexibility index (Phi) is 3.27. The summed E-state index contributed by atoms with van der Waals surface area (Å²) < 4.78 is 0. The molecule has 0 radical (unpaired) electrons. The summed E-state index contributed by atoms with van der Waals surface area (Å²) in [5, 5.41) is 20.8. The maximum absolute atomic E-state index is 11.0. The first-order chi connectivity index (χ1) is 8.59. The van der Waals surface area contributed by atoms with Crippen molar-refractivity contribution in [3.8, 4) is 0 Å². The van der Waals surface area contributed by atoms with Crippen LogP contribution in [-0.2, 0) is 6.54 Å². The van der Waals surface area contributed by atoms with E-state index in [1.807, 2.05) is 6.92 Å². The normalized spacial score (nSPS) is 10.3. The molecule has 2 aromatic rings. The van der Waals surface area contributed by atoms with E-state index in [4.69, 9.17) is 0 Å². The van der Waals surface area contributed by atoms with Gasteiger partial charge >= 0.3 is 0 Å². The standard InChI is InChI=1S/C12H14N4O2/c1-8-4-3-5-11(12(8)16(17)18)13-6-10-7-14-15-9(10)2/h3-5,7,13H,6H2,1-2H3,(H,14,15). The number of anilines is 1. The maximum atomic E-state index is 11.0. The molecule has 2 rings (SSSR count). The number of nitro benzene ring substituents is 1. The second-order valence-corrected chi connectivity index (χ2v) is 4.10. The summed E-state index contributed by atoms with van der Waals surface area (Å²) >= 11 is 0. The molecule has 0 saturated carbocycles. The Labute approximate surface area is 104 Å². The molecular formula is C12H14N4O2.